The molecule has 0 aromatic heterocycles. The van der Waals surface area contributed by atoms with E-state index in [9.17, 15) is 5.11 Å². The summed E-state index contributed by atoms with van der Waals surface area (Å²) in [7, 11) is 3.23. The van der Waals surface area contributed by atoms with Crippen molar-refractivity contribution in [3.63, 3.8) is 0 Å². The lowest BCUT2D eigenvalue weighted by Crippen LogP contribution is -2.12. The maximum atomic E-state index is 10.5. The molecule has 0 aliphatic heterocycles. The highest BCUT2D eigenvalue weighted by molar-refractivity contribution is 5.43. The van der Waals surface area contributed by atoms with Gasteiger partial charge in [-0.15, -0.1) is 0 Å². The minimum Gasteiger partial charge on any atom is -0.493 e. The Hall–Kier alpha value is -1.22. The van der Waals surface area contributed by atoms with Gasteiger partial charge in [0.05, 0.1) is 20.3 Å². The Kier molecular flexibility index (Phi) is 6.71. The summed E-state index contributed by atoms with van der Waals surface area (Å²) in [6.45, 7) is 4.31. The number of hydrogen-bond donors (Lipinski definition) is 1. The molecule has 1 N–H and O–H groups in total. The maximum Gasteiger partial charge on any atom is 0.161 e. The van der Waals surface area contributed by atoms with Crippen molar-refractivity contribution in [1.82, 2.24) is 0 Å². The monoisotopic (exact) mass is 266 g/mol. The SMILES string of the molecule is CCCCC(CC)C(O)c1ccc(OC)c(OC)c1. The molecule has 1 aromatic carbocycles. The highest BCUT2D eigenvalue weighted by Gasteiger charge is 2.20. The van der Waals surface area contributed by atoms with Gasteiger partial charge in [-0.3, -0.25) is 0 Å². The normalized spacial score (nSPS) is 13.9. The Morgan fingerprint density at radius 3 is 2.32 bits per heavy atom. The van der Waals surface area contributed by atoms with Crippen LogP contribution in [0.4, 0.5) is 0 Å². The van der Waals surface area contributed by atoms with Gasteiger partial charge in [-0.1, -0.05) is 39.2 Å². The number of hydrogen-bond acceptors (Lipinski definition) is 3. The molecule has 0 saturated heterocycles. The van der Waals surface area contributed by atoms with Crippen LogP contribution >= 0.6 is 0 Å². The van der Waals surface area contributed by atoms with E-state index in [-0.39, 0.29) is 0 Å². The number of ether oxygens (including phenoxy) is 2. The van der Waals surface area contributed by atoms with Crippen LogP contribution in [-0.4, -0.2) is 19.3 Å². The third-order valence-electron chi connectivity index (χ3n) is 3.65. The Bertz CT molecular complexity index is 376. The molecule has 2 unspecified atom stereocenters. The predicted octanol–water partition coefficient (Wildman–Crippen LogP) is 3.95. The van der Waals surface area contributed by atoms with Crippen LogP contribution in [0, 0.1) is 5.92 Å². The van der Waals surface area contributed by atoms with Crippen molar-refractivity contribution in [2.45, 2.75) is 45.6 Å². The number of aliphatic hydroxyl groups excluding tert-OH is 1. The van der Waals surface area contributed by atoms with Crippen LogP contribution in [0.2, 0.25) is 0 Å². The van der Waals surface area contributed by atoms with Gasteiger partial charge in [0.1, 0.15) is 0 Å². The Morgan fingerprint density at radius 1 is 1.11 bits per heavy atom. The van der Waals surface area contributed by atoms with Crippen LogP contribution in [-0.2, 0) is 0 Å². The highest BCUT2D eigenvalue weighted by atomic mass is 16.5. The first kappa shape index (κ1) is 15.8. The summed E-state index contributed by atoms with van der Waals surface area (Å²) in [5.74, 6) is 1.67. The average Bonchev–Trinajstić information content (AvgIpc) is 2.46. The van der Waals surface area contributed by atoms with Gasteiger partial charge in [-0.25, -0.2) is 0 Å². The molecule has 1 rings (SSSR count). The molecule has 0 spiro atoms. The van der Waals surface area contributed by atoms with Crippen molar-refractivity contribution < 1.29 is 14.6 Å². The molecule has 0 aliphatic rings. The Labute approximate surface area is 116 Å². The number of benzene rings is 1. The largest absolute Gasteiger partial charge is 0.493 e. The molecular weight excluding hydrogens is 240 g/mol. The molecule has 1 aromatic rings. The lowest BCUT2D eigenvalue weighted by atomic mass is 9.89. The highest BCUT2D eigenvalue weighted by Crippen LogP contribution is 2.34. The molecule has 2 atom stereocenters. The summed E-state index contributed by atoms with van der Waals surface area (Å²) in [4.78, 5) is 0. The zero-order valence-corrected chi connectivity index (χ0v) is 12.5. The molecule has 19 heavy (non-hydrogen) atoms. The second-order valence-corrected chi connectivity index (χ2v) is 4.87. The van der Waals surface area contributed by atoms with Crippen molar-refractivity contribution in [1.29, 1.82) is 0 Å². The molecule has 0 amide bonds. The second-order valence-electron chi connectivity index (χ2n) is 4.87. The van der Waals surface area contributed by atoms with Crippen LogP contribution in [0.1, 0.15) is 51.2 Å². The van der Waals surface area contributed by atoms with Crippen LogP contribution < -0.4 is 9.47 Å². The molecule has 0 radical (unpaired) electrons. The van der Waals surface area contributed by atoms with Gasteiger partial charge in [-0.05, 0) is 30.0 Å². The van der Waals surface area contributed by atoms with E-state index >= 15 is 0 Å². The summed E-state index contributed by atoms with van der Waals surface area (Å²) in [6.07, 6.45) is 3.92. The zero-order valence-electron chi connectivity index (χ0n) is 12.5. The third kappa shape index (κ3) is 4.13. The zero-order chi connectivity index (χ0) is 14.3. The number of rotatable bonds is 8. The summed E-state index contributed by atoms with van der Waals surface area (Å²) >= 11 is 0. The van der Waals surface area contributed by atoms with Gasteiger partial charge in [0, 0.05) is 0 Å². The van der Waals surface area contributed by atoms with E-state index in [4.69, 9.17) is 9.47 Å². The summed E-state index contributed by atoms with van der Waals surface area (Å²) < 4.78 is 10.5. The summed E-state index contributed by atoms with van der Waals surface area (Å²) in [5, 5.41) is 10.5. The topological polar surface area (TPSA) is 38.7 Å². The predicted molar refractivity (Wildman–Crippen MR) is 77.8 cm³/mol. The van der Waals surface area contributed by atoms with Gasteiger partial charge < -0.3 is 14.6 Å². The van der Waals surface area contributed by atoms with Crippen LogP contribution in [0.5, 0.6) is 11.5 Å². The van der Waals surface area contributed by atoms with E-state index < -0.39 is 6.10 Å². The lowest BCUT2D eigenvalue weighted by molar-refractivity contribution is 0.0986. The van der Waals surface area contributed by atoms with Gasteiger partial charge in [-0.2, -0.15) is 0 Å². The first-order valence-corrected chi connectivity index (χ1v) is 7.07. The quantitative estimate of drug-likeness (QED) is 0.774. The first-order valence-electron chi connectivity index (χ1n) is 7.07. The molecule has 108 valence electrons. The Balaban J connectivity index is 2.88. The minimum atomic E-state index is -0.434. The van der Waals surface area contributed by atoms with Crippen molar-refractivity contribution in [2.24, 2.45) is 5.92 Å². The Morgan fingerprint density at radius 2 is 1.79 bits per heavy atom. The molecule has 3 heteroatoms. The third-order valence-corrected chi connectivity index (χ3v) is 3.65. The van der Waals surface area contributed by atoms with E-state index in [1.54, 1.807) is 14.2 Å². The van der Waals surface area contributed by atoms with E-state index in [1.807, 2.05) is 18.2 Å². The van der Waals surface area contributed by atoms with Gasteiger partial charge in [0.15, 0.2) is 11.5 Å². The van der Waals surface area contributed by atoms with Crippen LogP contribution in [0.25, 0.3) is 0 Å². The van der Waals surface area contributed by atoms with Crippen molar-refractivity contribution >= 4 is 0 Å². The van der Waals surface area contributed by atoms with Crippen LogP contribution in [0.3, 0.4) is 0 Å². The molecule has 3 nitrogen and oxygen atoms in total. The van der Waals surface area contributed by atoms with Crippen molar-refractivity contribution in [2.75, 3.05) is 14.2 Å². The lowest BCUT2D eigenvalue weighted by Gasteiger charge is -2.22. The van der Waals surface area contributed by atoms with Gasteiger partial charge >= 0.3 is 0 Å². The maximum absolute atomic E-state index is 10.5. The number of unbranched alkanes of at least 4 members (excludes halogenated alkanes) is 1. The molecule has 0 heterocycles. The van der Waals surface area contributed by atoms with E-state index in [2.05, 4.69) is 13.8 Å². The van der Waals surface area contributed by atoms with Gasteiger partial charge in [0.2, 0.25) is 0 Å². The van der Waals surface area contributed by atoms with E-state index in [0.717, 1.165) is 31.2 Å². The fourth-order valence-corrected chi connectivity index (χ4v) is 2.36. The second kappa shape index (κ2) is 8.05. The number of methoxy groups -OCH3 is 2. The van der Waals surface area contributed by atoms with Crippen molar-refractivity contribution in [3.05, 3.63) is 23.8 Å². The van der Waals surface area contributed by atoms with Crippen molar-refractivity contribution in [3.8, 4) is 11.5 Å². The first-order chi connectivity index (χ1) is 9.17. The fourth-order valence-electron chi connectivity index (χ4n) is 2.36. The van der Waals surface area contributed by atoms with E-state index in [1.165, 1.54) is 0 Å². The fraction of sp³-hybridized carbons (Fsp3) is 0.625. The molecule has 0 fully saturated rings. The average molecular weight is 266 g/mol. The van der Waals surface area contributed by atoms with E-state index in [0.29, 0.717) is 17.4 Å². The minimum absolute atomic E-state index is 0.304. The molecule has 0 saturated carbocycles. The van der Waals surface area contributed by atoms with Gasteiger partial charge in [0.25, 0.3) is 0 Å². The summed E-state index contributed by atoms with van der Waals surface area (Å²) in [5.41, 5.74) is 0.903. The van der Waals surface area contributed by atoms with Crippen LogP contribution in [0.15, 0.2) is 18.2 Å². The summed E-state index contributed by atoms with van der Waals surface area (Å²) in [6, 6.07) is 5.64. The standard InChI is InChI=1S/C16H26O3/c1-5-7-8-12(6-2)16(17)13-9-10-14(18-3)15(11-13)19-4/h9-12,16-17H,5-8H2,1-4H3. The number of aliphatic hydroxyl groups is 1. The smallest absolute Gasteiger partial charge is 0.161 e. The molecule has 0 bridgehead atoms. The molecular formula is C16H26O3. The molecule has 0 aliphatic carbocycles.